The Morgan fingerprint density at radius 2 is 2.06 bits per heavy atom. The van der Waals surface area contributed by atoms with E-state index in [1.165, 1.54) is 25.4 Å². The van der Waals surface area contributed by atoms with Gasteiger partial charge in [-0.3, -0.25) is 4.79 Å². The fourth-order valence-corrected chi connectivity index (χ4v) is 3.52. The van der Waals surface area contributed by atoms with Crippen LogP contribution in [0.2, 0.25) is 0 Å². The maximum Gasteiger partial charge on any atom is 0.256 e. The van der Waals surface area contributed by atoms with Crippen LogP contribution in [0.15, 0.2) is 47.1 Å². The van der Waals surface area contributed by atoms with Crippen LogP contribution in [0.3, 0.4) is 0 Å². The number of carbonyl (C=O) groups excluding carboxylic acids is 1. The molecule has 1 unspecified atom stereocenters. The second-order valence-electron chi connectivity index (χ2n) is 7.20. The molecular formula is C22H23FN4O4. The summed E-state index contributed by atoms with van der Waals surface area (Å²) in [7, 11) is 1.53. The van der Waals surface area contributed by atoms with E-state index in [0.29, 0.717) is 48.5 Å². The highest BCUT2D eigenvalue weighted by Crippen LogP contribution is 2.31. The molecule has 0 saturated carbocycles. The maximum atomic E-state index is 13.1. The molecule has 1 aliphatic rings. The Labute approximate surface area is 179 Å². The van der Waals surface area contributed by atoms with Gasteiger partial charge in [0, 0.05) is 25.2 Å². The number of carbonyl (C=O) groups is 1. The zero-order valence-electron chi connectivity index (χ0n) is 17.2. The number of methoxy groups -OCH3 is 1. The third-order valence-corrected chi connectivity index (χ3v) is 5.13. The zero-order valence-corrected chi connectivity index (χ0v) is 17.2. The minimum Gasteiger partial charge on any atom is -0.493 e. The van der Waals surface area contributed by atoms with Crippen molar-refractivity contribution in [1.29, 1.82) is 0 Å². The molecule has 9 heteroatoms. The van der Waals surface area contributed by atoms with E-state index in [-0.39, 0.29) is 17.8 Å². The standard InChI is InChI=1S/C22H23FN4O4/c1-29-20-10-5-15(14-24-20)22(28)27-12-3-2-4-18(27)21-25-19(26-31-21)11-13-30-17-8-6-16(23)7-9-17/h5-10,14,18H,2-4,11-13H2,1H3. The molecule has 1 aromatic carbocycles. The summed E-state index contributed by atoms with van der Waals surface area (Å²) in [5.41, 5.74) is 0.486. The number of ether oxygens (including phenoxy) is 2. The van der Waals surface area contributed by atoms with E-state index in [4.69, 9.17) is 14.0 Å². The van der Waals surface area contributed by atoms with Gasteiger partial charge in [0.1, 0.15) is 17.6 Å². The van der Waals surface area contributed by atoms with Crippen LogP contribution < -0.4 is 9.47 Å². The summed E-state index contributed by atoms with van der Waals surface area (Å²) in [6.07, 6.45) is 4.59. The first-order valence-electron chi connectivity index (χ1n) is 10.2. The van der Waals surface area contributed by atoms with Gasteiger partial charge in [-0.15, -0.1) is 0 Å². The minimum absolute atomic E-state index is 0.126. The number of hydrogen-bond donors (Lipinski definition) is 0. The lowest BCUT2D eigenvalue weighted by atomic mass is 10.0. The lowest BCUT2D eigenvalue weighted by Crippen LogP contribution is -2.38. The summed E-state index contributed by atoms with van der Waals surface area (Å²) in [6, 6.07) is 8.91. The Morgan fingerprint density at radius 3 is 2.81 bits per heavy atom. The summed E-state index contributed by atoms with van der Waals surface area (Å²) in [5, 5.41) is 4.03. The molecule has 0 bridgehead atoms. The lowest BCUT2D eigenvalue weighted by molar-refractivity contribution is 0.0561. The smallest absolute Gasteiger partial charge is 0.256 e. The van der Waals surface area contributed by atoms with Crippen molar-refractivity contribution in [3.63, 3.8) is 0 Å². The summed E-state index contributed by atoms with van der Waals surface area (Å²) in [6.45, 7) is 0.941. The number of rotatable bonds is 7. The Hall–Kier alpha value is -3.49. The SMILES string of the molecule is COc1ccc(C(=O)N2CCCCC2c2nc(CCOc3ccc(F)cc3)no2)cn1. The van der Waals surface area contributed by atoms with Crippen LogP contribution in [0.5, 0.6) is 11.6 Å². The van der Waals surface area contributed by atoms with E-state index >= 15 is 0 Å². The van der Waals surface area contributed by atoms with Gasteiger partial charge < -0.3 is 18.9 Å². The number of benzene rings is 1. The van der Waals surface area contributed by atoms with Crippen LogP contribution in [-0.4, -0.2) is 46.2 Å². The van der Waals surface area contributed by atoms with Crippen LogP contribution in [0.1, 0.15) is 47.4 Å². The number of piperidine rings is 1. The van der Waals surface area contributed by atoms with Crippen molar-refractivity contribution in [2.45, 2.75) is 31.7 Å². The van der Waals surface area contributed by atoms with E-state index < -0.39 is 0 Å². The van der Waals surface area contributed by atoms with Crippen LogP contribution in [0.4, 0.5) is 4.39 Å². The highest BCUT2D eigenvalue weighted by atomic mass is 19.1. The molecule has 3 aromatic rings. The largest absolute Gasteiger partial charge is 0.493 e. The lowest BCUT2D eigenvalue weighted by Gasteiger charge is -2.33. The molecular weight excluding hydrogens is 403 g/mol. The van der Waals surface area contributed by atoms with Gasteiger partial charge in [0.25, 0.3) is 5.91 Å². The normalized spacial score (nSPS) is 16.2. The number of pyridine rings is 1. The third kappa shape index (κ3) is 4.99. The van der Waals surface area contributed by atoms with Crippen LogP contribution in [0.25, 0.3) is 0 Å². The van der Waals surface area contributed by atoms with Gasteiger partial charge in [0.2, 0.25) is 11.8 Å². The molecule has 3 heterocycles. The van der Waals surface area contributed by atoms with Gasteiger partial charge in [-0.1, -0.05) is 5.16 Å². The Bertz CT molecular complexity index is 1010. The molecule has 1 atom stereocenters. The van der Waals surface area contributed by atoms with Crippen molar-refractivity contribution < 1.29 is 23.2 Å². The van der Waals surface area contributed by atoms with Crippen molar-refractivity contribution in [3.05, 3.63) is 65.7 Å². The van der Waals surface area contributed by atoms with Crippen molar-refractivity contribution in [2.24, 2.45) is 0 Å². The van der Waals surface area contributed by atoms with Crippen molar-refractivity contribution in [1.82, 2.24) is 20.0 Å². The zero-order chi connectivity index (χ0) is 21.6. The van der Waals surface area contributed by atoms with E-state index in [2.05, 4.69) is 15.1 Å². The average Bonchev–Trinajstić information content (AvgIpc) is 3.29. The first-order chi connectivity index (χ1) is 15.1. The topological polar surface area (TPSA) is 90.6 Å². The van der Waals surface area contributed by atoms with E-state index in [1.54, 1.807) is 29.2 Å². The van der Waals surface area contributed by atoms with Crippen molar-refractivity contribution >= 4 is 5.91 Å². The Kier molecular flexibility index (Phi) is 6.40. The number of likely N-dealkylation sites (tertiary alicyclic amines) is 1. The number of nitrogens with zero attached hydrogens (tertiary/aromatic N) is 4. The van der Waals surface area contributed by atoms with Crippen LogP contribution >= 0.6 is 0 Å². The minimum atomic E-state index is -0.313. The monoisotopic (exact) mass is 426 g/mol. The molecule has 8 nitrogen and oxygen atoms in total. The predicted octanol–water partition coefficient (Wildman–Crippen LogP) is 3.60. The molecule has 1 amide bonds. The highest BCUT2D eigenvalue weighted by Gasteiger charge is 2.32. The van der Waals surface area contributed by atoms with Gasteiger partial charge in [-0.2, -0.15) is 4.98 Å². The molecule has 1 saturated heterocycles. The maximum absolute atomic E-state index is 13.1. The molecule has 1 aliphatic heterocycles. The fourth-order valence-electron chi connectivity index (χ4n) is 3.52. The van der Waals surface area contributed by atoms with Gasteiger partial charge in [0.05, 0.1) is 19.3 Å². The van der Waals surface area contributed by atoms with Gasteiger partial charge in [0.15, 0.2) is 5.82 Å². The average molecular weight is 426 g/mol. The van der Waals surface area contributed by atoms with Crippen molar-refractivity contribution in [2.75, 3.05) is 20.3 Å². The van der Waals surface area contributed by atoms with E-state index in [1.807, 2.05) is 0 Å². The van der Waals surface area contributed by atoms with Crippen molar-refractivity contribution in [3.8, 4) is 11.6 Å². The summed E-state index contributed by atoms with van der Waals surface area (Å²) >= 11 is 0. The Balaban J connectivity index is 1.40. The third-order valence-electron chi connectivity index (χ3n) is 5.13. The molecule has 2 aromatic heterocycles. The number of aromatic nitrogens is 3. The number of amides is 1. The van der Waals surface area contributed by atoms with Gasteiger partial charge >= 0.3 is 0 Å². The van der Waals surface area contributed by atoms with Crippen LogP contribution in [0, 0.1) is 5.82 Å². The molecule has 4 rings (SSSR count). The molecule has 0 spiro atoms. The number of halogens is 1. The fraction of sp³-hybridized carbons (Fsp3) is 0.364. The molecule has 0 radical (unpaired) electrons. The molecule has 1 fully saturated rings. The molecule has 162 valence electrons. The highest BCUT2D eigenvalue weighted by molar-refractivity contribution is 5.94. The summed E-state index contributed by atoms with van der Waals surface area (Å²) in [5.74, 6) is 1.51. The quantitative estimate of drug-likeness (QED) is 0.570. The summed E-state index contributed by atoms with van der Waals surface area (Å²) in [4.78, 5) is 23.4. The molecule has 0 aliphatic carbocycles. The van der Waals surface area contributed by atoms with Crippen LogP contribution in [-0.2, 0) is 6.42 Å². The van der Waals surface area contributed by atoms with E-state index in [9.17, 15) is 9.18 Å². The predicted molar refractivity (Wildman–Crippen MR) is 108 cm³/mol. The van der Waals surface area contributed by atoms with Gasteiger partial charge in [-0.25, -0.2) is 9.37 Å². The first-order valence-corrected chi connectivity index (χ1v) is 10.2. The first kappa shape index (κ1) is 20.8. The molecule has 31 heavy (non-hydrogen) atoms. The second kappa shape index (κ2) is 9.55. The molecule has 0 N–H and O–H groups in total. The van der Waals surface area contributed by atoms with Gasteiger partial charge in [-0.05, 0) is 49.6 Å². The Morgan fingerprint density at radius 1 is 1.23 bits per heavy atom. The summed E-state index contributed by atoms with van der Waals surface area (Å²) < 4.78 is 29.1. The number of hydrogen-bond acceptors (Lipinski definition) is 7. The second-order valence-corrected chi connectivity index (χ2v) is 7.20. The van der Waals surface area contributed by atoms with E-state index in [0.717, 1.165) is 19.3 Å².